The molecule has 1 aromatic heterocycles. The largest absolute Gasteiger partial charge is 0.454 e. The van der Waals surface area contributed by atoms with Gasteiger partial charge in [0.05, 0.1) is 18.3 Å². The molecule has 0 radical (unpaired) electrons. The highest BCUT2D eigenvalue weighted by atomic mass is 16.7. The fourth-order valence-corrected chi connectivity index (χ4v) is 1.90. The highest BCUT2D eigenvalue weighted by Gasteiger charge is 2.18. The lowest BCUT2D eigenvalue weighted by molar-refractivity contribution is 0.174. The van der Waals surface area contributed by atoms with Crippen LogP contribution in [0.15, 0.2) is 24.4 Å². The zero-order valence-electron chi connectivity index (χ0n) is 11.0. The molecule has 0 bridgehead atoms. The molecule has 2 N–H and O–H groups in total. The summed E-state index contributed by atoms with van der Waals surface area (Å²) in [5.74, 6) is 1.56. The number of rotatable bonds is 3. The van der Waals surface area contributed by atoms with Crippen molar-refractivity contribution in [1.29, 1.82) is 0 Å². The van der Waals surface area contributed by atoms with Crippen molar-refractivity contribution >= 4 is 0 Å². The third kappa shape index (κ3) is 2.39. The molecule has 3 rings (SSSR count). The lowest BCUT2D eigenvalue weighted by Gasteiger charge is -2.13. The molecule has 1 aliphatic rings. The minimum atomic E-state index is -0.479. The van der Waals surface area contributed by atoms with Gasteiger partial charge in [0.15, 0.2) is 11.5 Å². The van der Waals surface area contributed by atoms with Crippen LogP contribution in [0.4, 0.5) is 0 Å². The van der Waals surface area contributed by atoms with E-state index in [2.05, 4.69) is 10.3 Å². The van der Waals surface area contributed by atoms with Gasteiger partial charge >= 0.3 is 0 Å². The fourth-order valence-electron chi connectivity index (χ4n) is 1.90. The van der Waals surface area contributed by atoms with E-state index in [9.17, 15) is 0 Å². The third-order valence-electron chi connectivity index (χ3n) is 2.98. The smallest absolute Gasteiger partial charge is 0.231 e. The van der Waals surface area contributed by atoms with Crippen LogP contribution < -0.4 is 15.2 Å². The van der Waals surface area contributed by atoms with Crippen molar-refractivity contribution in [2.75, 3.05) is 6.79 Å². The van der Waals surface area contributed by atoms with Crippen LogP contribution in [0.25, 0.3) is 0 Å². The van der Waals surface area contributed by atoms with E-state index in [4.69, 9.17) is 15.2 Å². The van der Waals surface area contributed by atoms with Crippen LogP contribution in [0.3, 0.4) is 0 Å². The number of nitrogens with zero attached hydrogens (tertiary/aromatic N) is 3. The fraction of sp³-hybridized carbons (Fsp3) is 0.385. The normalized spacial score (nSPS) is 13.8. The molecule has 0 fully saturated rings. The first-order chi connectivity index (χ1) is 9.02. The Morgan fingerprint density at radius 1 is 1.32 bits per heavy atom. The maximum Gasteiger partial charge on any atom is 0.231 e. The minimum Gasteiger partial charge on any atom is -0.454 e. The summed E-state index contributed by atoms with van der Waals surface area (Å²) in [6.07, 6.45) is 1.87. The van der Waals surface area contributed by atoms with Gasteiger partial charge in [-0.25, -0.2) is 4.68 Å². The lowest BCUT2D eigenvalue weighted by atomic mass is 10.0. The quantitative estimate of drug-likeness (QED) is 0.898. The second-order valence-electron chi connectivity index (χ2n) is 5.21. The molecule has 19 heavy (non-hydrogen) atoms. The zero-order valence-corrected chi connectivity index (χ0v) is 11.0. The zero-order chi connectivity index (χ0) is 13.5. The van der Waals surface area contributed by atoms with Crippen molar-refractivity contribution in [3.63, 3.8) is 0 Å². The van der Waals surface area contributed by atoms with Gasteiger partial charge in [-0.15, -0.1) is 5.10 Å². The Kier molecular flexibility index (Phi) is 2.67. The van der Waals surface area contributed by atoms with Crippen molar-refractivity contribution in [2.45, 2.75) is 25.9 Å². The Morgan fingerprint density at radius 2 is 2.11 bits per heavy atom. The Morgan fingerprint density at radius 3 is 2.84 bits per heavy atom. The van der Waals surface area contributed by atoms with Crippen molar-refractivity contribution in [3.8, 4) is 11.5 Å². The SMILES string of the molecule is CC(C)(N)c1cn(Cc2ccc3c(c2)OCO3)nn1. The summed E-state index contributed by atoms with van der Waals surface area (Å²) >= 11 is 0. The van der Waals surface area contributed by atoms with Crippen LogP contribution in [-0.4, -0.2) is 21.8 Å². The second kappa shape index (κ2) is 4.24. The van der Waals surface area contributed by atoms with Gasteiger partial charge in [0, 0.05) is 0 Å². The van der Waals surface area contributed by atoms with Crippen LogP contribution in [0.2, 0.25) is 0 Å². The minimum absolute atomic E-state index is 0.285. The van der Waals surface area contributed by atoms with Gasteiger partial charge < -0.3 is 15.2 Å². The molecule has 0 saturated carbocycles. The summed E-state index contributed by atoms with van der Waals surface area (Å²) in [5, 5.41) is 8.17. The van der Waals surface area contributed by atoms with E-state index in [0.29, 0.717) is 6.54 Å². The number of hydrogen-bond acceptors (Lipinski definition) is 5. The summed E-state index contributed by atoms with van der Waals surface area (Å²) in [5.41, 5.74) is 7.36. The summed E-state index contributed by atoms with van der Waals surface area (Å²) in [6.45, 7) is 4.72. The van der Waals surface area contributed by atoms with Crippen molar-refractivity contribution in [3.05, 3.63) is 35.7 Å². The van der Waals surface area contributed by atoms with Gasteiger partial charge in [-0.05, 0) is 31.5 Å². The first-order valence-corrected chi connectivity index (χ1v) is 6.10. The molecule has 100 valence electrons. The molecule has 2 heterocycles. The van der Waals surface area contributed by atoms with E-state index in [1.165, 1.54) is 0 Å². The molecule has 6 heteroatoms. The highest BCUT2D eigenvalue weighted by Crippen LogP contribution is 2.32. The average Bonchev–Trinajstić information content (AvgIpc) is 2.95. The molecule has 0 atom stereocenters. The summed E-state index contributed by atoms with van der Waals surface area (Å²) in [6, 6.07) is 5.85. The summed E-state index contributed by atoms with van der Waals surface area (Å²) in [7, 11) is 0. The molecule has 0 aliphatic carbocycles. The first kappa shape index (κ1) is 12.0. The number of fused-ring (bicyclic) bond motifs is 1. The average molecular weight is 260 g/mol. The molecule has 1 aliphatic heterocycles. The van der Waals surface area contributed by atoms with Gasteiger partial charge in [0.25, 0.3) is 0 Å². The van der Waals surface area contributed by atoms with Crippen LogP contribution in [0.5, 0.6) is 11.5 Å². The van der Waals surface area contributed by atoms with Crippen LogP contribution in [0, 0.1) is 0 Å². The van der Waals surface area contributed by atoms with Crippen LogP contribution in [-0.2, 0) is 12.1 Å². The molecule has 0 saturated heterocycles. The predicted molar refractivity (Wildman–Crippen MR) is 68.9 cm³/mol. The van der Waals surface area contributed by atoms with E-state index in [1.54, 1.807) is 4.68 Å². The number of nitrogens with two attached hydrogens (primary N) is 1. The number of hydrogen-bond donors (Lipinski definition) is 1. The van der Waals surface area contributed by atoms with E-state index in [0.717, 1.165) is 22.8 Å². The third-order valence-corrected chi connectivity index (χ3v) is 2.98. The highest BCUT2D eigenvalue weighted by molar-refractivity contribution is 5.44. The topological polar surface area (TPSA) is 75.2 Å². The van der Waals surface area contributed by atoms with Gasteiger partial charge in [0.2, 0.25) is 6.79 Å². The van der Waals surface area contributed by atoms with Gasteiger partial charge in [-0.1, -0.05) is 11.3 Å². The Hall–Kier alpha value is -2.08. The van der Waals surface area contributed by atoms with E-state index < -0.39 is 5.54 Å². The lowest BCUT2D eigenvalue weighted by Crippen LogP contribution is -2.29. The van der Waals surface area contributed by atoms with E-state index in [1.807, 2.05) is 38.2 Å². The molecule has 6 nitrogen and oxygen atoms in total. The van der Waals surface area contributed by atoms with Gasteiger partial charge in [-0.2, -0.15) is 0 Å². The van der Waals surface area contributed by atoms with Crippen LogP contribution in [0.1, 0.15) is 25.1 Å². The van der Waals surface area contributed by atoms with E-state index >= 15 is 0 Å². The summed E-state index contributed by atoms with van der Waals surface area (Å²) in [4.78, 5) is 0. The standard InChI is InChI=1S/C13H16N4O2/c1-13(2,14)12-7-17(16-15-12)6-9-3-4-10-11(5-9)19-8-18-10/h3-5,7H,6,8,14H2,1-2H3. The van der Waals surface area contributed by atoms with Crippen molar-refractivity contribution in [1.82, 2.24) is 15.0 Å². The monoisotopic (exact) mass is 260 g/mol. The maximum absolute atomic E-state index is 5.98. The molecule has 0 unspecified atom stereocenters. The molecular weight excluding hydrogens is 244 g/mol. The maximum atomic E-state index is 5.98. The number of ether oxygens (including phenoxy) is 2. The van der Waals surface area contributed by atoms with Crippen molar-refractivity contribution < 1.29 is 9.47 Å². The Bertz CT molecular complexity index is 601. The van der Waals surface area contributed by atoms with Crippen LogP contribution >= 0.6 is 0 Å². The Balaban J connectivity index is 1.80. The van der Waals surface area contributed by atoms with Gasteiger partial charge in [-0.3, -0.25) is 0 Å². The van der Waals surface area contributed by atoms with Crippen molar-refractivity contribution in [2.24, 2.45) is 5.73 Å². The molecule has 0 amide bonds. The first-order valence-electron chi connectivity index (χ1n) is 6.10. The van der Waals surface area contributed by atoms with E-state index in [-0.39, 0.29) is 6.79 Å². The molecule has 1 aromatic carbocycles. The number of aromatic nitrogens is 3. The molecular formula is C13H16N4O2. The molecule has 2 aromatic rings. The second-order valence-corrected chi connectivity index (χ2v) is 5.21. The molecule has 0 spiro atoms. The predicted octanol–water partition coefficient (Wildman–Crippen LogP) is 1.25. The van der Waals surface area contributed by atoms with Gasteiger partial charge in [0.1, 0.15) is 5.69 Å². The number of benzene rings is 1. The summed E-state index contributed by atoms with van der Waals surface area (Å²) < 4.78 is 12.4. The Labute approximate surface area is 111 Å².